The highest BCUT2D eigenvalue weighted by atomic mass is 19.1. The fourth-order valence-electron chi connectivity index (χ4n) is 1.96. The van der Waals surface area contributed by atoms with Crippen molar-refractivity contribution in [3.8, 4) is 0 Å². The molecule has 0 radical (unpaired) electrons. The van der Waals surface area contributed by atoms with Gasteiger partial charge in [-0.2, -0.15) is 0 Å². The van der Waals surface area contributed by atoms with Gasteiger partial charge >= 0.3 is 0 Å². The van der Waals surface area contributed by atoms with Gasteiger partial charge in [-0.15, -0.1) is 0 Å². The number of hydrogen-bond acceptors (Lipinski definition) is 3. The SMILES string of the molecule is Cc1cnc(C(C)NC(C)c2ccc(F)cc2F)o1. The molecule has 0 saturated heterocycles. The van der Waals surface area contributed by atoms with E-state index >= 15 is 0 Å². The monoisotopic (exact) mass is 266 g/mol. The van der Waals surface area contributed by atoms with Crippen LogP contribution in [0.2, 0.25) is 0 Å². The quantitative estimate of drug-likeness (QED) is 0.917. The predicted molar refractivity (Wildman–Crippen MR) is 67.6 cm³/mol. The van der Waals surface area contributed by atoms with Crippen molar-refractivity contribution in [3.63, 3.8) is 0 Å². The number of hydrogen-bond donors (Lipinski definition) is 1. The minimum atomic E-state index is -0.579. The Hall–Kier alpha value is -1.75. The number of aromatic nitrogens is 1. The standard InChI is InChI=1S/C14H16F2N2O/c1-8-7-17-14(19-8)10(3)18-9(2)12-5-4-11(15)6-13(12)16/h4-7,9-10,18H,1-3H3. The van der Waals surface area contributed by atoms with Crippen LogP contribution in [-0.2, 0) is 0 Å². The highest BCUT2D eigenvalue weighted by molar-refractivity contribution is 5.21. The zero-order valence-corrected chi connectivity index (χ0v) is 11.1. The third-order valence-electron chi connectivity index (χ3n) is 2.94. The minimum Gasteiger partial charge on any atom is -0.444 e. The van der Waals surface area contributed by atoms with Gasteiger partial charge in [-0.05, 0) is 26.8 Å². The molecule has 1 aromatic heterocycles. The van der Waals surface area contributed by atoms with Crippen LogP contribution in [0.3, 0.4) is 0 Å². The Balaban J connectivity index is 2.10. The average Bonchev–Trinajstić information content (AvgIpc) is 2.75. The lowest BCUT2D eigenvalue weighted by molar-refractivity contribution is 0.376. The molecule has 2 aromatic rings. The van der Waals surface area contributed by atoms with Crippen molar-refractivity contribution in [1.29, 1.82) is 0 Å². The molecule has 19 heavy (non-hydrogen) atoms. The molecule has 2 atom stereocenters. The zero-order valence-electron chi connectivity index (χ0n) is 11.1. The van der Waals surface area contributed by atoms with Crippen molar-refractivity contribution < 1.29 is 13.2 Å². The van der Waals surface area contributed by atoms with Crippen LogP contribution in [0, 0.1) is 18.6 Å². The molecule has 5 heteroatoms. The van der Waals surface area contributed by atoms with E-state index < -0.39 is 11.6 Å². The smallest absolute Gasteiger partial charge is 0.211 e. The molecule has 0 fully saturated rings. The first-order chi connectivity index (χ1) is 8.97. The van der Waals surface area contributed by atoms with Crippen molar-refractivity contribution in [2.24, 2.45) is 0 Å². The van der Waals surface area contributed by atoms with Crippen LogP contribution < -0.4 is 5.32 Å². The van der Waals surface area contributed by atoms with Gasteiger partial charge in [0.2, 0.25) is 5.89 Å². The van der Waals surface area contributed by atoms with Crippen molar-refractivity contribution >= 4 is 0 Å². The van der Waals surface area contributed by atoms with E-state index in [1.807, 2.05) is 20.8 Å². The number of benzene rings is 1. The van der Waals surface area contributed by atoms with Crippen LogP contribution in [0.25, 0.3) is 0 Å². The number of nitrogens with one attached hydrogen (secondary N) is 1. The van der Waals surface area contributed by atoms with E-state index in [4.69, 9.17) is 4.42 Å². The largest absolute Gasteiger partial charge is 0.444 e. The number of aryl methyl sites for hydroxylation is 1. The molecular weight excluding hydrogens is 250 g/mol. The molecule has 0 aliphatic heterocycles. The molecule has 1 heterocycles. The summed E-state index contributed by atoms with van der Waals surface area (Å²) in [5.74, 6) is 0.136. The van der Waals surface area contributed by atoms with Crippen molar-refractivity contribution in [2.45, 2.75) is 32.9 Å². The molecule has 1 aromatic carbocycles. The van der Waals surface area contributed by atoms with Crippen LogP contribution in [0.1, 0.15) is 43.1 Å². The normalized spacial score (nSPS) is 14.4. The second kappa shape index (κ2) is 5.48. The summed E-state index contributed by atoms with van der Waals surface area (Å²) in [5.41, 5.74) is 0.413. The molecule has 0 spiro atoms. The van der Waals surface area contributed by atoms with E-state index in [0.717, 1.165) is 11.8 Å². The van der Waals surface area contributed by atoms with Crippen LogP contribution in [0.5, 0.6) is 0 Å². The lowest BCUT2D eigenvalue weighted by atomic mass is 10.1. The average molecular weight is 266 g/mol. The molecule has 2 unspecified atom stereocenters. The fourth-order valence-corrected chi connectivity index (χ4v) is 1.96. The lowest BCUT2D eigenvalue weighted by Gasteiger charge is -2.18. The highest BCUT2D eigenvalue weighted by Crippen LogP contribution is 2.21. The van der Waals surface area contributed by atoms with Crippen molar-refractivity contribution in [1.82, 2.24) is 10.3 Å². The van der Waals surface area contributed by atoms with Crippen molar-refractivity contribution in [2.75, 3.05) is 0 Å². The summed E-state index contributed by atoms with van der Waals surface area (Å²) < 4.78 is 31.9. The molecule has 0 saturated carbocycles. The van der Waals surface area contributed by atoms with Gasteiger partial charge in [-0.25, -0.2) is 13.8 Å². The van der Waals surface area contributed by atoms with Crippen LogP contribution in [-0.4, -0.2) is 4.98 Å². The Morgan fingerprint density at radius 2 is 1.95 bits per heavy atom. The first kappa shape index (κ1) is 13.7. The summed E-state index contributed by atoms with van der Waals surface area (Å²) in [6, 6.07) is 3.14. The number of halogens is 2. The van der Waals surface area contributed by atoms with E-state index in [1.165, 1.54) is 12.1 Å². The van der Waals surface area contributed by atoms with E-state index in [0.29, 0.717) is 11.5 Å². The summed E-state index contributed by atoms with van der Waals surface area (Å²) in [6.07, 6.45) is 1.64. The van der Waals surface area contributed by atoms with Crippen LogP contribution in [0.4, 0.5) is 8.78 Å². The first-order valence-corrected chi connectivity index (χ1v) is 6.10. The minimum absolute atomic E-state index is 0.159. The molecule has 0 aliphatic carbocycles. The first-order valence-electron chi connectivity index (χ1n) is 6.10. The fraction of sp³-hybridized carbons (Fsp3) is 0.357. The molecule has 0 amide bonds. The summed E-state index contributed by atoms with van der Waals surface area (Å²) in [6.45, 7) is 5.50. The molecule has 2 rings (SSSR count). The highest BCUT2D eigenvalue weighted by Gasteiger charge is 2.17. The van der Waals surface area contributed by atoms with Crippen LogP contribution in [0.15, 0.2) is 28.8 Å². The topological polar surface area (TPSA) is 38.1 Å². The van der Waals surface area contributed by atoms with Gasteiger partial charge in [0.15, 0.2) is 0 Å². The van der Waals surface area contributed by atoms with Gasteiger partial charge in [0.05, 0.1) is 12.2 Å². The van der Waals surface area contributed by atoms with E-state index in [1.54, 1.807) is 6.20 Å². The summed E-state index contributed by atoms with van der Waals surface area (Å²) in [7, 11) is 0. The summed E-state index contributed by atoms with van der Waals surface area (Å²) in [5, 5.41) is 3.17. The Morgan fingerprint density at radius 3 is 2.53 bits per heavy atom. The van der Waals surface area contributed by atoms with Crippen LogP contribution >= 0.6 is 0 Å². The molecular formula is C14H16F2N2O. The van der Waals surface area contributed by atoms with Gasteiger partial charge in [0.25, 0.3) is 0 Å². The van der Waals surface area contributed by atoms with E-state index in [2.05, 4.69) is 10.3 Å². The number of oxazole rings is 1. The molecule has 102 valence electrons. The Labute approximate surface area is 110 Å². The maximum atomic E-state index is 13.6. The number of nitrogens with zero attached hydrogens (tertiary/aromatic N) is 1. The van der Waals surface area contributed by atoms with E-state index in [-0.39, 0.29) is 12.1 Å². The molecule has 3 nitrogen and oxygen atoms in total. The Kier molecular flexibility index (Phi) is 3.95. The third kappa shape index (κ3) is 3.17. The maximum Gasteiger partial charge on any atom is 0.211 e. The van der Waals surface area contributed by atoms with E-state index in [9.17, 15) is 8.78 Å². The number of rotatable bonds is 4. The van der Waals surface area contributed by atoms with Gasteiger partial charge in [-0.1, -0.05) is 6.07 Å². The second-order valence-corrected chi connectivity index (χ2v) is 4.59. The molecule has 1 N–H and O–H groups in total. The van der Waals surface area contributed by atoms with Crippen molar-refractivity contribution in [3.05, 3.63) is 53.2 Å². The summed E-state index contributed by atoms with van der Waals surface area (Å²) in [4.78, 5) is 4.12. The molecule has 0 aliphatic rings. The second-order valence-electron chi connectivity index (χ2n) is 4.59. The third-order valence-corrected chi connectivity index (χ3v) is 2.94. The molecule has 0 bridgehead atoms. The summed E-state index contributed by atoms with van der Waals surface area (Å²) >= 11 is 0. The van der Waals surface area contributed by atoms with Gasteiger partial charge < -0.3 is 4.42 Å². The van der Waals surface area contributed by atoms with Gasteiger partial charge in [0.1, 0.15) is 17.4 Å². The Bertz CT molecular complexity index is 568. The van der Waals surface area contributed by atoms with Gasteiger partial charge in [-0.3, -0.25) is 5.32 Å². The predicted octanol–water partition coefficient (Wildman–Crippen LogP) is 3.67. The van der Waals surface area contributed by atoms with Gasteiger partial charge in [0, 0.05) is 17.7 Å². The Morgan fingerprint density at radius 1 is 1.21 bits per heavy atom. The maximum absolute atomic E-state index is 13.6. The lowest BCUT2D eigenvalue weighted by Crippen LogP contribution is -2.23. The zero-order chi connectivity index (χ0) is 14.0.